The highest BCUT2D eigenvalue weighted by Crippen LogP contribution is 2.31. The average Bonchev–Trinajstić information content (AvgIpc) is 2.58. The first kappa shape index (κ1) is 10.4. The number of nitrogens with two attached hydrogens (primary N) is 1. The van der Waals surface area contributed by atoms with Gasteiger partial charge in [-0.2, -0.15) is 0 Å². The zero-order chi connectivity index (χ0) is 10.8. The molecule has 2 aliphatic rings. The zero-order valence-electron chi connectivity index (χ0n) is 8.66. The Labute approximate surface area is 88.8 Å². The SMILES string of the molecule is NCC1CCC(C2NC(=O)NC2=O)CC1. The summed E-state index contributed by atoms with van der Waals surface area (Å²) in [6, 6.07) is -0.665. The highest BCUT2D eigenvalue weighted by molar-refractivity contribution is 6.04. The molecule has 3 amide bonds. The summed E-state index contributed by atoms with van der Waals surface area (Å²) in [4.78, 5) is 22.4. The van der Waals surface area contributed by atoms with Gasteiger partial charge in [-0.05, 0) is 44.1 Å². The van der Waals surface area contributed by atoms with Gasteiger partial charge in [-0.25, -0.2) is 4.79 Å². The van der Waals surface area contributed by atoms with Crippen molar-refractivity contribution in [2.75, 3.05) is 6.54 Å². The van der Waals surface area contributed by atoms with Crippen LogP contribution in [0.1, 0.15) is 25.7 Å². The number of hydrogen-bond donors (Lipinski definition) is 3. The fourth-order valence-corrected chi connectivity index (χ4v) is 2.52. The molecule has 1 saturated carbocycles. The summed E-state index contributed by atoms with van der Waals surface area (Å²) in [7, 11) is 0. The molecule has 0 aromatic rings. The molecule has 0 aromatic heterocycles. The number of amides is 3. The van der Waals surface area contributed by atoms with Crippen molar-refractivity contribution in [3.63, 3.8) is 0 Å². The van der Waals surface area contributed by atoms with Gasteiger partial charge in [-0.1, -0.05) is 0 Å². The van der Waals surface area contributed by atoms with Crippen LogP contribution < -0.4 is 16.4 Å². The third kappa shape index (κ3) is 2.12. The van der Waals surface area contributed by atoms with Crippen molar-refractivity contribution in [2.24, 2.45) is 17.6 Å². The van der Waals surface area contributed by atoms with Crippen molar-refractivity contribution in [3.05, 3.63) is 0 Å². The number of hydrogen-bond acceptors (Lipinski definition) is 3. The molecule has 15 heavy (non-hydrogen) atoms. The molecule has 4 N–H and O–H groups in total. The Balaban J connectivity index is 1.90. The molecule has 2 fully saturated rings. The van der Waals surface area contributed by atoms with Crippen LogP contribution in [0.2, 0.25) is 0 Å². The van der Waals surface area contributed by atoms with E-state index in [4.69, 9.17) is 5.73 Å². The molecule has 0 radical (unpaired) electrons. The van der Waals surface area contributed by atoms with Crippen LogP contribution in [-0.2, 0) is 4.79 Å². The van der Waals surface area contributed by atoms with E-state index < -0.39 is 0 Å². The number of nitrogens with one attached hydrogen (secondary N) is 2. The molecule has 5 nitrogen and oxygen atoms in total. The molecule has 0 bridgehead atoms. The van der Waals surface area contributed by atoms with Crippen molar-refractivity contribution >= 4 is 11.9 Å². The zero-order valence-corrected chi connectivity index (χ0v) is 8.66. The lowest BCUT2D eigenvalue weighted by Gasteiger charge is -2.29. The van der Waals surface area contributed by atoms with Gasteiger partial charge in [0.25, 0.3) is 5.91 Å². The molecule has 0 spiro atoms. The van der Waals surface area contributed by atoms with E-state index in [1.807, 2.05) is 0 Å². The normalized spacial score (nSPS) is 36.2. The number of rotatable bonds is 2. The Hall–Kier alpha value is -1.10. The van der Waals surface area contributed by atoms with Crippen LogP contribution in [-0.4, -0.2) is 24.5 Å². The number of carbonyl (C=O) groups excluding carboxylic acids is 2. The number of carbonyl (C=O) groups is 2. The van der Waals surface area contributed by atoms with Crippen LogP contribution in [0.4, 0.5) is 4.79 Å². The standard InChI is InChI=1S/C10H17N3O2/c11-5-6-1-3-7(4-2-6)8-9(14)13-10(15)12-8/h6-8H,1-5,11H2,(H2,12,13,14,15). The van der Waals surface area contributed by atoms with Gasteiger partial charge in [-0.15, -0.1) is 0 Å². The summed E-state index contributed by atoms with van der Waals surface area (Å²) in [5, 5.41) is 4.95. The van der Waals surface area contributed by atoms with Gasteiger partial charge in [0, 0.05) is 0 Å². The minimum absolute atomic E-state index is 0.170. The van der Waals surface area contributed by atoms with Crippen LogP contribution >= 0.6 is 0 Å². The molecule has 1 aliphatic heterocycles. The van der Waals surface area contributed by atoms with Crippen molar-refractivity contribution in [3.8, 4) is 0 Å². The van der Waals surface area contributed by atoms with E-state index >= 15 is 0 Å². The molecule has 1 aliphatic carbocycles. The second-order valence-electron chi connectivity index (χ2n) is 4.46. The summed E-state index contributed by atoms with van der Waals surface area (Å²) in [5.74, 6) is 0.719. The summed E-state index contributed by atoms with van der Waals surface area (Å²) in [6.07, 6.45) is 4.11. The van der Waals surface area contributed by atoms with E-state index in [1.54, 1.807) is 0 Å². The van der Waals surface area contributed by atoms with Crippen LogP contribution in [0.3, 0.4) is 0 Å². The molecule has 0 aromatic carbocycles. The Morgan fingerprint density at radius 3 is 2.33 bits per heavy atom. The average molecular weight is 211 g/mol. The lowest BCUT2D eigenvalue weighted by Crippen LogP contribution is -2.39. The molecule has 1 unspecified atom stereocenters. The summed E-state index contributed by atoms with van der Waals surface area (Å²) in [5.41, 5.74) is 5.60. The van der Waals surface area contributed by atoms with Crippen LogP contribution in [0.15, 0.2) is 0 Å². The minimum Gasteiger partial charge on any atom is -0.330 e. The molecule has 1 heterocycles. The molecular weight excluding hydrogens is 194 g/mol. The van der Waals surface area contributed by atoms with Gasteiger partial charge in [0.15, 0.2) is 0 Å². The van der Waals surface area contributed by atoms with E-state index in [-0.39, 0.29) is 18.0 Å². The van der Waals surface area contributed by atoms with Crippen LogP contribution in [0, 0.1) is 11.8 Å². The highest BCUT2D eigenvalue weighted by Gasteiger charge is 2.37. The van der Waals surface area contributed by atoms with E-state index in [0.717, 1.165) is 32.2 Å². The lowest BCUT2D eigenvalue weighted by atomic mass is 9.78. The third-order valence-corrected chi connectivity index (χ3v) is 3.50. The van der Waals surface area contributed by atoms with E-state index in [1.165, 1.54) is 0 Å². The van der Waals surface area contributed by atoms with Crippen molar-refractivity contribution < 1.29 is 9.59 Å². The Morgan fingerprint density at radius 2 is 1.87 bits per heavy atom. The monoisotopic (exact) mass is 211 g/mol. The van der Waals surface area contributed by atoms with Gasteiger partial charge >= 0.3 is 6.03 Å². The van der Waals surface area contributed by atoms with E-state index in [0.29, 0.717) is 11.8 Å². The molecule has 1 atom stereocenters. The number of urea groups is 1. The summed E-state index contributed by atoms with van der Waals surface area (Å²) < 4.78 is 0. The van der Waals surface area contributed by atoms with Gasteiger partial charge in [-0.3, -0.25) is 10.1 Å². The highest BCUT2D eigenvalue weighted by atomic mass is 16.2. The molecule has 2 rings (SSSR count). The van der Waals surface area contributed by atoms with Gasteiger partial charge < -0.3 is 11.1 Å². The van der Waals surface area contributed by atoms with Crippen LogP contribution in [0.5, 0.6) is 0 Å². The smallest absolute Gasteiger partial charge is 0.322 e. The van der Waals surface area contributed by atoms with Crippen LogP contribution in [0.25, 0.3) is 0 Å². The Kier molecular flexibility index (Phi) is 2.90. The number of imide groups is 1. The summed E-state index contributed by atoms with van der Waals surface area (Å²) >= 11 is 0. The fourth-order valence-electron chi connectivity index (χ4n) is 2.52. The van der Waals surface area contributed by atoms with Crippen molar-refractivity contribution in [1.82, 2.24) is 10.6 Å². The van der Waals surface area contributed by atoms with Gasteiger partial charge in [0.05, 0.1) is 0 Å². The first-order valence-electron chi connectivity index (χ1n) is 5.52. The van der Waals surface area contributed by atoms with Crippen molar-refractivity contribution in [2.45, 2.75) is 31.7 Å². The minimum atomic E-state index is -0.356. The van der Waals surface area contributed by atoms with E-state index in [9.17, 15) is 9.59 Å². The second kappa shape index (κ2) is 4.18. The molecule has 84 valence electrons. The predicted molar refractivity (Wildman–Crippen MR) is 55.0 cm³/mol. The maximum absolute atomic E-state index is 11.4. The maximum atomic E-state index is 11.4. The topological polar surface area (TPSA) is 84.2 Å². The van der Waals surface area contributed by atoms with Gasteiger partial charge in [0.2, 0.25) is 0 Å². The quantitative estimate of drug-likeness (QED) is 0.560. The Morgan fingerprint density at radius 1 is 1.20 bits per heavy atom. The fraction of sp³-hybridized carbons (Fsp3) is 0.800. The maximum Gasteiger partial charge on any atom is 0.322 e. The first-order valence-corrected chi connectivity index (χ1v) is 5.52. The third-order valence-electron chi connectivity index (χ3n) is 3.50. The second-order valence-corrected chi connectivity index (χ2v) is 4.46. The molecule has 1 saturated heterocycles. The van der Waals surface area contributed by atoms with Gasteiger partial charge in [0.1, 0.15) is 6.04 Å². The predicted octanol–water partition coefficient (Wildman–Crippen LogP) is -0.0405. The van der Waals surface area contributed by atoms with Crippen molar-refractivity contribution in [1.29, 1.82) is 0 Å². The Bertz CT molecular complexity index is 272. The lowest BCUT2D eigenvalue weighted by molar-refractivity contribution is -0.121. The first-order chi connectivity index (χ1) is 7.20. The largest absolute Gasteiger partial charge is 0.330 e. The molecule has 5 heteroatoms. The molecular formula is C10H17N3O2. The summed E-state index contributed by atoms with van der Waals surface area (Å²) in [6.45, 7) is 0.732. The van der Waals surface area contributed by atoms with E-state index in [2.05, 4.69) is 10.6 Å².